The molecule has 0 unspecified atom stereocenters. The van der Waals surface area contributed by atoms with Gasteiger partial charge in [0.15, 0.2) is 0 Å². The number of anilines is 2. The minimum Gasteiger partial charge on any atom is -0.393 e. The van der Waals surface area contributed by atoms with Gasteiger partial charge in [-0.2, -0.15) is 0 Å². The van der Waals surface area contributed by atoms with Crippen molar-refractivity contribution in [2.24, 2.45) is 0 Å². The molecule has 1 aromatic carbocycles. The van der Waals surface area contributed by atoms with Crippen molar-refractivity contribution >= 4 is 11.4 Å². The van der Waals surface area contributed by atoms with E-state index in [1.807, 2.05) is 41.3 Å². The summed E-state index contributed by atoms with van der Waals surface area (Å²) in [5.41, 5.74) is 6.38. The van der Waals surface area contributed by atoms with E-state index in [1.165, 1.54) is 0 Å². The van der Waals surface area contributed by atoms with Gasteiger partial charge in [-0.25, -0.2) is 4.39 Å². The van der Waals surface area contributed by atoms with E-state index in [2.05, 4.69) is 6.92 Å². The summed E-state index contributed by atoms with van der Waals surface area (Å²) in [5.74, 6) is 0. The molecule has 4 nitrogen and oxygen atoms in total. The average molecular weight is 343 g/mol. The Kier molecular flexibility index (Phi) is 5.11. The Bertz CT molecular complexity index is 764. The van der Waals surface area contributed by atoms with E-state index in [0.717, 1.165) is 24.1 Å². The molecule has 2 heterocycles. The Morgan fingerprint density at radius 2 is 1.84 bits per heavy atom. The molecule has 1 fully saturated rings. The van der Waals surface area contributed by atoms with Crippen LogP contribution < -0.4 is 16.2 Å². The van der Waals surface area contributed by atoms with Gasteiger partial charge in [0.25, 0.3) is 5.56 Å². The van der Waals surface area contributed by atoms with Crippen molar-refractivity contribution in [2.45, 2.75) is 44.8 Å². The highest BCUT2D eigenvalue weighted by molar-refractivity contribution is 5.66. The Balaban J connectivity index is 1.75. The average Bonchev–Trinajstić information content (AvgIpc) is 2.65. The molecule has 0 amide bonds. The van der Waals surface area contributed by atoms with E-state index in [-0.39, 0.29) is 11.2 Å². The fourth-order valence-corrected chi connectivity index (χ4v) is 3.49. The summed E-state index contributed by atoms with van der Waals surface area (Å²) >= 11 is 0. The first kappa shape index (κ1) is 17.5. The van der Waals surface area contributed by atoms with Gasteiger partial charge in [-0.15, -0.1) is 0 Å². The molecule has 2 N–H and O–H groups in total. The second-order valence-corrected chi connectivity index (χ2v) is 6.79. The van der Waals surface area contributed by atoms with Crippen LogP contribution in [0.5, 0.6) is 0 Å². The first-order valence-electron chi connectivity index (χ1n) is 9.03. The maximum Gasteiger partial charge on any atom is 0.275 e. The number of nitrogen functional groups attached to an aromatic ring is 1. The lowest BCUT2D eigenvalue weighted by atomic mass is 9.86. The molecule has 0 aliphatic carbocycles. The Hall–Kier alpha value is -2.30. The molecule has 0 spiro atoms. The molecule has 0 radical (unpaired) electrons. The highest BCUT2D eigenvalue weighted by Gasteiger charge is 2.36. The topological polar surface area (TPSA) is 51.3 Å². The summed E-state index contributed by atoms with van der Waals surface area (Å²) in [7, 11) is 0. The van der Waals surface area contributed by atoms with Crippen LogP contribution in [0.3, 0.4) is 0 Å². The smallest absolute Gasteiger partial charge is 0.275 e. The van der Waals surface area contributed by atoms with Crippen LogP contribution in [0, 0.1) is 0 Å². The SMILES string of the molecule is CCCCn1ccc(N2CCC(F)(c3ccccc3)CC2)c(N)c1=O. The molecule has 1 aliphatic heterocycles. The number of halogens is 1. The number of alkyl halides is 1. The summed E-state index contributed by atoms with van der Waals surface area (Å²) in [6, 6.07) is 11.2. The number of aryl methyl sites for hydroxylation is 1. The number of piperidine rings is 1. The van der Waals surface area contributed by atoms with Crippen LogP contribution in [0.2, 0.25) is 0 Å². The molecule has 1 aromatic heterocycles. The number of rotatable bonds is 5. The largest absolute Gasteiger partial charge is 0.393 e. The van der Waals surface area contributed by atoms with E-state index < -0.39 is 5.67 Å². The van der Waals surface area contributed by atoms with E-state index in [0.29, 0.717) is 32.5 Å². The van der Waals surface area contributed by atoms with Crippen molar-refractivity contribution in [1.82, 2.24) is 4.57 Å². The molecule has 0 saturated carbocycles. The normalized spacial score (nSPS) is 16.8. The number of benzene rings is 1. The monoisotopic (exact) mass is 343 g/mol. The lowest BCUT2D eigenvalue weighted by Gasteiger charge is -2.38. The zero-order valence-electron chi connectivity index (χ0n) is 14.7. The number of nitrogens with zero attached hydrogens (tertiary/aromatic N) is 2. The van der Waals surface area contributed by atoms with Crippen LogP contribution in [0.4, 0.5) is 15.8 Å². The van der Waals surface area contributed by atoms with E-state index >= 15 is 4.39 Å². The minimum absolute atomic E-state index is 0.147. The predicted octanol–water partition coefficient (Wildman–Crippen LogP) is 3.70. The van der Waals surface area contributed by atoms with Crippen LogP contribution >= 0.6 is 0 Å². The standard InChI is InChI=1S/C20H26FN3O/c1-2-3-12-24-13-9-17(18(22)19(24)25)23-14-10-20(21,11-15-23)16-7-5-4-6-8-16/h4-9,13H,2-3,10-12,14-15,22H2,1H3. The summed E-state index contributed by atoms with van der Waals surface area (Å²) < 4.78 is 16.9. The molecule has 2 aromatic rings. The first-order chi connectivity index (χ1) is 12.0. The van der Waals surface area contributed by atoms with Gasteiger partial charge in [-0.1, -0.05) is 43.7 Å². The van der Waals surface area contributed by atoms with Crippen LogP contribution in [0.25, 0.3) is 0 Å². The van der Waals surface area contributed by atoms with Gasteiger partial charge in [0, 0.05) is 38.7 Å². The molecule has 0 bridgehead atoms. The van der Waals surface area contributed by atoms with Gasteiger partial charge >= 0.3 is 0 Å². The highest BCUT2D eigenvalue weighted by atomic mass is 19.1. The lowest BCUT2D eigenvalue weighted by molar-refractivity contribution is 0.125. The summed E-state index contributed by atoms with van der Waals surface area (Å²) in [4.78, 5) is 14.5. The maximum atomic E-state index is 15.3. The van der Waals surface area contributed by atoms with Crippen molar-refractivity contribution in [3.63, 3.8) is 0 Å². The van der Waals surface area contributed by atoms with Gasteiger partial charge in [-0.3, -0.25) is 4.79 Å². The van der Waals surface area contributed by atoms with Crippen molar-refractivity contribution in [3.05, 3.63) is 58.5 Å². The van der Waals surface area contributed by atoms with Crippen molar-refractivity contribution in [3.8, 4) is 0 Å². The highest BCUT2D eigenvalue weighted by Crippen LogP contribution is 2.38. The molecule has 5 heteroatoms. The molecule has 3 rings (SSSR count). The molecule has 0 atom stereocenters. The van der Waals surface area contributed by atoms with Gasteiger partial charge in [0.1, 0.15) is 11.4 Å². The van der Waals surface area contributed by atoms with Gasteiger partial charge in [0.2, 0.25) is 0 Å². The predicted molar refractivity (Wildman–Crippen MR) is 101 cm³/mol. The number of hydrogen-bond donors (Lipinski definition) is 1. The zero-order valence-corrected chi connectivity index (χ0v) is 14.7. The van der Waals surface area contributed by atoms with Crippen LogP contribution in [-0.4, -0.2) is 17.7 Å². The van der Waals surface area contributed by atoms with Gasteiger partial charge in [0.05, 0.1) is 5.69 Å². The Morgan fingerprint density at radius 1 is 1.16 bits per heavy atom. The molecule has 1 aliphatic rings. The minimum atomic E-state index is -1.30. The van der Waals surface area contributed by atoms with Crippen LogP contribution in [0.15, 0.2) is 47.4 Å². The van der Waals surface area contributed by atoms with E-state index in [9.17, 15) is 4.79 Å². The summed E-state index contributed by atoms with van der Waals surface area (Å²) in [6.07, 6.45) is 4.57. The molecular weight excluding hydrogens is 317 g/mol. The number of hydrogen-bond acceptors (Lipinski definition) is 3. The van der Waals surface area contributed by atoms with Crippen LogP contribution in [0.1, 0.15) is 38.2 Å². The molecule has 134 valence electrons. The maximum absolute atomic E-state index is 15.3. The Morgan fingerprint density at radius 3 is 2.48 bits per heavy atom. The van der Waals surface area contributed by atoms with E-state index in [4.69, 9.17) is 5.73 Å². The van der Waals surface area contributed by atoms with Crippen molar-refractivity contribution in [1.29, 1.82) is 0 Å². The molecule has 25 heavy (non-hydrogen) atoms. The number of unbranched alkanes of at least 4 members (excludes halogenated alkanes) is 1. The summed E-state index contributed by atoms with van der Waals surface area (Å²) in [5, 5.41) is 0. The number of pyridine rings is 1. The van der Waals surface area contributed by atoms with Crippen LogP contribution in [-0.2, 0) is 12.2 Å². The van der Waals surface area contributed by atoms with Gasteiger partial charge in [-0.05, 0) is 18.1 Å². The van der Waals surface area contributed by atoms with E-state index in [1.54, 1.807) is 10.8 Å². The second kappa shape index (κ2) is 7.30. The number of aromatic nitrogens is 1. The number of nitrogens with two attached hydrogens (primary N) is 1. The quantitative estimate of drug-likeness (QED) is 0.901. The van der Waals surface area contributed by atoms with Gasteiger partial charge < -0.3 is 15.2 Å². The third-order valence-electron chi connectivity index (χ3n) is 5.12. The van der Waals surface area contributed by atoms with Crippen molar-refractivity contribution < 1.29 is 4.39 Å². The lowest BCUT2D eigenvalue weighted by Crippen LogP contribution is -2.41. The third-order valence-corrected chi connectivity index (χ3v) is 5.12. The Labute approximate surface area is 148 Å². The zero-order chi connectivity index (χ0) is 17.9. The second-order valence-electron chi connectivity index (χ2n) is 6.79. The fourth-order valence-electron chi connectivity index (χ4n) is 3.49. The molecule has 1 saturated heterocycles. The molecular formula is C20H26FN3O. The third kappa shape index (κ3) is 3.55. The first-order valence-corrected chi connectivity index (χ1v) is 9.03. The van der Waals surface area contributed by atoms with Crippen molar-refractivity contribution in [2.75, 3.05) is 23.7 Å². The summed E-state index contributed by atoms with van der Waals surface area (Å²) in [6.45, 7) is 3.87. The fraction of sp³-hybridized carbons (Fsp3) is 0.450.